The molecule has 0 spiro atoms. The molecular weight excluding hydrogens is 423 g/mol. The second-order valence-corrected chi connectivity index (χ2v) is 7.73. The molecule has 2 aromatic carbocycles. The van der Waals surface area contributed by atoms with Crippen LogP contribution in [0.2, 0.25) is 0 Å². The van der Waals surface area contributed by atoms with E-state index in [1.807, 2.05) is 49.1 Å². The van der Waals surface area contributed by atoms with Gasteiger partial charge in [0.15, 0.2) is 0 Å². The van der Waals surface area contributed by atoms with Crippen LogP contribution in [0.15, 0.2) is 54.6 Å². The third-order valence-corrected chi connectivity index (χ3v) is 5.19. The summed E-state index contributed by atoms with van der Waals surface area (Å²) in [6.45, 7) is 6.57. The maximum absolute atomic E-state index is 13.2. The lowest BCUT2D eigenvalue weighted by molar-refractivity contribution is -0.144. The van der Waals surface area contributed by atoms with E-state index in [0.29, 0.717) is 18.8 Å². The lowest BCUT2D eigenvalue weighted by Crippen LogP contribution is -2.33. The number of benzene rings is 2. The number of anilines is 1. The number of amides is 1. The average Bonchev–Trinajstić information content (AvgIpc) is 3.08. The Labute approximate surface area is 193 Å². The van der Waals surface area contributed by atoms with Gasteiger partial charge < -0.3 is 10.1 Å². The molecule has 33 heavy (non-hydrogen) atoms. The number of carbonyl (C=O) groups excluding carboxylic acids is 2. The molecule has 174 valence electrons. The van der Waals surface area contributed by atoms with E-state index in [9.17, 15) is 14.0 Å². The average molecular weight is 453 g/mol. The molecule has 1 heterocycles. The van der Waals surface area contributed by atoms with Crippen LogP contribution in [0.3, 0.4) is 0 Å². The highest BCUT2D eigenvalue weighted by Gasteiger charge is 2.18. The number of hydrogen-bond donors (Lipinski definition) is 1. The molecule has 0 radical (unpaired) electrons. The van der Waals surface area contributed by atoms with E-state index in [4.69, 9.17) is 4.74 Å². The standard InChI is InChI=1S/C25H29FN4O3/c1-4-33-24(32)17-29(16-20-10-12-21(26)13-11-20)15-14-23(31)27-25-18(2)28-30(19(25)3)22-8-6-5-7-9-22/h5-13H,4,14-17H2,1-3H3,(H,27,31). The largest absolute Gasteiger partial charge is 0.465 e. The number of ether oxygens (including phenoxy) is 1. The first-order valence-corrected chi connectivity index (χ1v) is 10.9. The number of carbonyl (C=O) groups is 2. The normalized spacial score (nSPS) is 10.9. The summed E-state index contributed by atoms with van der Waals surface area (Å²) in [4.78, 5) is 26.6. The van der Waals surface area contributed by atoms with Crippen LogP contribution in [0.1, 0.15) is 30.3 Å². The molecule has 0 aliphatic carbocycles. The van der Waals surface area contributed by atoms with Crippen LogP contribution >= 0.6 is 0 Å². The summed E-state index contributed by atoms with van der Waals surface area (Å²) < 4.78 is 20.1. The van der Waals surface area contributed by atoms with Gasteiger partial charge in [0.1, 0.15) is 5.82 Å². The second-order valence-electron chi connectivity index (χ2n) is 7.73. The summed E-state index contributed by atoms with van der Waals surface area (Å²) in [6.07, 6.45) is 0.177. The smallest absolute Gasteiger partial charge is 0.320 e. The van der Waals surface area contributed by atoms with Crippen molar-refractivity contribution in [1.29, 1.82) is 0 Å². The summed E-state index contributed by atoms with van der Waals surface area (Å²) in [6, 6.07) is 15.8. The molecule has 0 bridgehead atoms. The van der Waals surface area contributed by atoms with Crippen LogP contribution < -0.4 is 5.32 Å². The summed E-state index contributed by atoms with van der Waals surface area (Å²) in [5, 5.41) is 7.51. The highest BCUT2D eigenvalue weighted by atomic mass is 19.1. The third kappa shape index (κ3) is 6.73. The molecule has 1 amide bonds. The van der Waals surface area contributed by atoms with E-state index in [1.165, 1.54) is 12.1 Å². The Kier molecular flexibility index (Phi) is 8.32. The van der Waals surface area contributed by atoms with Crippen LogP contribution in [0.25, 0.3) is 5.69 Å². The number of rotatable bonds is 10. The predicted molar refractivity (Wildman–Crippen MR) is 125 cm³/mol. The van der Waals surface area contributed by atoms with E-state index in [0.717, 1.165) is 22.6 Å². The maximum atomic E-state index is 13.2. The topological polar surface area (TPSA) is 76.5 Å². The van der Waals surface area contributed by atoms with Crippen LogP contribution in [0.5, 0.6) is 0 Å². The minimum atomic E-state index is -0.365. The number of nitrogens with one attached hydrogen (secondary N) is 1. The molecule has 0 aliphatic heterocycles. The fraction of sp³-hybridized carbons (Fsp3) is 0.320. The number of esters is 1. The van der Waals surface area contributed by atoms with Gasteiger partial charge in [0.2, 0.25) is 5.91 Å². The molecule has 0 aliphatic rings. The zero-order valence-corrected chi connectivity index (χ0v) is 19.2. The highest BCUT2D eigenvalue weighted by Crippen LogP contribution is 2.23. The molecule has 1 N–H and O–H groups in total. The quantitative estimate of drug-likeness (QED) is 0.470. The van der Waals surface area contributed by atoms with Gasteiger partial charge in [0.25, 0.3) is 0 Å². The molecule has 0 fully saturated rings. The van der Waals surface area contributed by atoms with Crippen molar-refractivity contribution in [2.75, 3.05) is 25.0 Å². The summed E-state index contributed by atoms with van der Waals surface area (Å²) >= 11 is 0. The van der Waals surface area contributed by atoms with Crippen LogP contribution in [-0.2, 0) is 20.9 Å². The molecule has 1 aromatic heterocycles. The van der Waals surface area contributed by atoms with E-state index in [2.05, 4.69) is 10.4 Å². The second kappa shape index (κ2) is 11.4. The minimum Gasteiger partial charge on any atom is -0.465 e. The van der Waals surface area contributed by atoms with Crippen molar-refractivity contribution in [3.63, 3.8) is 0 Å². The van der Waals surface area contributed by atoms with Gasteiger partial charge in [-0.2, -0.15) is 5.10 Å². The Morgan fingerprint density at radius 2 is 1.79 bits per heavy atom. The Hall–Kier alpha value is -3.52. The monoisotopic (exact) mass is 452 g/mol. The van der Waals surface area contributed by atoms with E-state index < -0.39 is 0 Å². The number of halogens is 1. The van der Waals surface area contributed by atoms with Gasteiger partial charge in [-0.15, -0.1) is 0 Å². The number of para-hydroxylation sites is 1. The van der Waals surface area contributed by atoms with Gasteiger partial charge in [0, 0.05) is 19.5 Å². The molecule has 0 atom stereocenters. The summed E-state index contributed by atoms with van der Waals surface area (Å²) in [5.41, 5.74) is 4.00. The van der Waals surface area contributed by atoms with Gasteiger partial charge in [-0.3, -0.25) is 14.5 Å². The van der Waals surface area contributed by atoms with Crippen LogP contribution in [-0.4, -0.2) is 46.3 Å². The summed E-state index contributed by atoms with van der Waals surface area (Å²) in [7, 11) is 0. The Morgan fingerprint density at radius 3 is 2.45 bits per heavy atom. The maximum Gasteiger partial charge on any atom is 0.320 e. The lowest BCUT2D eigenvalue weighted by atomic mass is 10.2. The van der Waals surface area contributed by atoms with E-state index in [1.54, 1.807) is 23.7 Å². The van der Waals surface area contributed by atoms with Gasteiger partial charge >= 0.3 is 5.97 Å². The molecule has 0 saturated heterocycles. The van der Waals surface area contributed by atoms with Crippen molar-refractivity contribution in [3.05, 3.63) is 77.4 Å². The lowest BCUT2D eigenvalue weighted by Gasteiger charge is -2.21. The fourth-order valence-electron chi connectivity index (χ4n) is 3.56. The zero-order chi connectivity index (χ0) is 23.8. The molecule has 0 saturated carbocycles. The minimum absolute atomic E-state index is 0.0441. The number of aryl methyl sites for hydroxylation is 1. The van der Waals surface area contributed by atoms with E-state index >= 15 is 0 Å². The molecule has 3 rings (SSSR count). The Balaban J connectivity index is 1.65. The Bertz CT molecular complexity index is 1080. The molecule has 8 heteroatoms. The summed E-state index contributed by atoms with van der Waals surface area (Å²) in [5.74, 6) is -0.866. The van der Waals surface area contributed by atoms with Gasteiger partial charge in [0.05, 0.1) is 35.9 Å². The van der Waals surface area contributed by atoms with Crippen LogP contribution in [0.4, 0.5) is 10.1 Å². The van der Waals surface area contributed by atoms with Crippen LogP contribution in [0, 0.1) is 19.7 Å². The SMILES string of the molecule is CCOC(=O)CN(CCC(=O)Nc1c(C)nn(-c2ccccc2)c1C)Cc1ccc(F)cc1. The van der Waals surface area contributed by atoms with Crippen molar-refractivity contribution in [1.82, 2.24) is 14.7 Å². The fourth-order valence-corrected chi connectivity index (χ4v) is 3.56. The molecule has 7 nitrogen and oxygen atoms in total. The highest BCUT2D eigenvalue weighted by molar-refractivity contribution is 5.92. The van der Waals surface area contributed by atoms with Gasteiger partial charge in [-0.1, -0.05) is 30.3 Å². The van der Waals surface area contributed by atoms with Gasteiger partial charge in [-0.25, -0.2) is 9.07 Å². The van der Waals surface area contributed by atoms with Gasteiger partial charge in [-0.05, 0) is 50.6 Å². The number of aromatic nitrogens is 2. The molecule has 0 unspecified atom stereocenters. The molecular formula is C25H29FN4O3. The van der Waals surface area contributed by atoms with E-state index in [-0.39, 0.29) is 37.3 Å². The van der Waals surface area contributed by atoms with Crippen molar-refractivity contribution in [2.24, 2.45) is 0 Å². The van der Waals surface area contributed by atoms with Crippen molar-refractivity contribution in [3.8, 4) is 5.69 Å². The van der Waals surface area contributed by atoms with Crippen molar-refractivity contribution < 1.29 is 18.7 Å². The number of nitrogens with zero attached hydrogens (tertiary/aromatic N) is 3. The first-order valence-electron chi connectivity index (χ1n) is 10.9. The first kappa shape index (κ1) is 24.1. The zero-order valence-electron chi connectivity index (χ0n) is 19.2. The third-order valence-electron chi connectivity index (χ3n) is 5.19. The van der Waals surface area contributed by atoms with Crippen molar-refractivity contribution >= 4 is 17.6 Å². The predicted octanol–water partition coefficient (Wildman–Crippen LogP) is 4.02. The Morgan fingerprint density at radius 1 is 1.09 bits per heavy atom. The van der Waals surface area contributed by atoms with Crippen molar-refractivity contribution in [2.45, 2.75) is 33.7 Å². The number of hydrogen-bond acceptors (Lipinski definition) is 5. The first-order chi connectivity index (χ1) is 15.9. The molecule has 3 aromatic rings.